The largest absolute Gasteiger partial charge is 0.306 e. The van der Waals surface area contributed by atoms with Crippen molar-refractivity contribution in [3.8, 4) is 22.4 Å². The highest BCUT2D eigenvalue weighted by atomic mass is 15.3. The maximum absolute atomic E-state index is 4.83. The highest BCUT2D eigenvalue weighted by Gasteiger charge is 2.17. The molecular weight excluding hydrogens is 306 g/mol. The van der Waals surface area contributed by atoms with Gasteiger partial charge in [0.1, 0.15) is 0 Å². The molecule has 3 aromatic rings. The molecule has 128 valence electrons. The summed E-state index contributed by atoms with van der Waals surface area (Å²) in [5.74, 6) is 0.750. The molecule has 0 aliphatic carbocycles. The predicted octanol–water partition coefficient (Wildman–Crippen LogP) is 4.56. The van der Waals surface area contributed by atoms with Crippen LogP contribution in [0.1, 0.15) is 12.8 Å². The van der Waals surface area contributed by atoms with Crippen LogP contribution in [0.2, 0.25) is 0 Å². The molecule has 1 aliphatic rings. The zero-order chi connectivity index (χ0) is 17.1. The Morgan fingerprint density at radius 2 is 1.60 bits per heavy atom. The van der Waals surface area contributed by atoms with E-state index in [9.17, 15) is 0 Å². The van der Waals surface area contributed by atoms with Gasteiger partial charge in [0.2, 0.25) is 0 Å². The monoisotopic (exact) mass is 331 g/mol. The van der Waals surface area contributed by atoms with Gasteiger partial charge in [-0.15, -0.1) is 0 Å². The van der Waals surface area contributed by atoms with Crippen LogP contribution in [0.4, 0.5) is 0 Å². The lowest BCUT2D eigenvalue weighted by Gasteiger charge is -2.28. The molecule has 0 saturated carbocycles. The summed E-state index contributed by atoms with van der Waals surface area (Å²) in [7, 11) is 2.21. The molecule has 1 aromatic heterocycles. The quantitative estimate of drug-likeness (QED) is 0.699. The molecular formula is C22H25N3. The summed E-state index contributed by atoms with van der Waals surface area (Å²) >= 11 is 0. The SMILES string of the molecule is CN1CCC(Cn2ccc(-c3cccc(-c4ccccc4)c3)n2)CC1. The van der Waals surface area contributed by atoms with E-state index in [0.29, 0.717) is 0 Å². The van der Waals surface area contributed by atoms with Gasteiger partial charge >= 0.3 is 0 Å². The van der Waals surface area contributed by atoms with Gasteiger partial charge in [-0.3, -0.25) is 4.68 Å². The number of benzene rings is 2. The molecule has 4 rings (SSSR count). The molecule has 25 heavy (non-hydrogen) atoms. The number of aromatic nitrogens is 2. The molecule has 0 bridgehead atoms. The predicted molar refractivity (Wildman–Crippen MR) is 103 cm³/mol. The normalized spacial score (nSPS) is 16.2. The van der Waals surface area contributed by atoms with Crippen molar-refractivity contribution in [1.29, 1.82) is 0 Å². The van der Waals surface area contributed by atoms with E-state index < -0.39 is 0 Å². The summed E-state index contributed by atoms with van der Waals surface area (Å²) in [5.41, 5.74) is 4.73. The molecule has 2 heterocycles. The molecule has 0 radical (unpaired) electrons. The number of hydrogen-bond donors (Lipinski definition) is 0. The van der Waals surface area contributed by atoms with Gasteiger partial charge in [0, 0.05) is 18.3 Å². The second kappa shape index (κ2) is 7.24. The first-order valence-corrected chi connectivity index (χ1v) is 9.16. The topological polar surface area (TPSA) is 21.1 Å². The zero-order valence-corrected chi connectivity index (χ0v) is 14.8. The number of hydrogen-bond acceptors (Lipinski definition) is 2. The third kappa shape index (κ3) is 3.83. The Morgan fingerprint density at radius 3 is 2.40 bits per heavy atom. The summed E-state index contributed by atoms with van der Waals surface area (Å²) in [6.07, 6.45) is 4.67. The van der Waals surface area contributed by atoms with Gasteiger partial charge in [-0.25, -0.2) is 0 Å². The highest BCUT2D eigenvalue weighted by Crippen LogP contribution is 2.26. The van der Waals surface area contributed by atoms with Gasteiger partial charge in [0.05, 0.1) is 5.69 Å². The number of rotatable bonds is 4. The second-order valence-corrected chi connectivity index (χ2v) is 7.12. The number of piperidine rings is 1. The first-order chi connectivity index (χ1) is 12.3. The van der Waals surface area contributed by atoms with Crippen molar-refractivity contribution in [2.45, 2.75) is 19.4 Å². The molecule has 1 saturated heterocycles. The standard InChI is InChI=1S/C22H25N3/c1-24-13-10-18(11-14-24)17-25-15-12-22(23-25)21-9-5-8-20(16-21)19-6-3-2-4-7-19/h2-9,12,15-16,18H,10-11,13-14,17H2,1H3. The van der Waals surface area contributed by atoms with Crippen LogP contribution in [0.3, 0.4) is 0 Å². The Bertz CT molecular complexity index is 814. The van der Waals surface area contributed by atoms with E-state index in [0.717, 1.165) is 18.2 Å². The molecule has 0 unspecified atom stereocenters. The van der Waals surface area contributed by atoms with Crippen molar-refractivity contribution in [3.05, 3.63) is 66.9 Å². The molecule has 3 heteroatoms. The lowest BCUT2D eigenvalue weighted by atomic mass is 9.97. The first kappa shape index (κ1) is 16.1. The lowest BCUT2D eigenvalue weighted by Crippen LogP contribution is -2.31. The van der Waals surface area contributed by atoms with Crippen LogP contribution in [0.5, 0.6) is 0 Å². The third-order valence-electron chi connectivity index (χ3n) is 5.19. The molecule has 1 aliphatic heterocycles. The van der Waals surface area contributed by atoms with Gasteiger partial charge < -0.3 is 4.90 Å². The van der Waals surface area contributed by atoms with Crippen molar-refractivity contribution in [2.24, 2.45) is 5.92 Å². The lowest BCUT2D eigenvalue weighted by molar-refractivity contribution is 0.201. The minimum absolute atomic E-state index is 0.750. The summed E-state index contributed by atoms with van der Waals surface area (Å²) < 4.78 is 2.13. The second-order valence-electron chi connectivity index (χ2n) is 7.12. The van der Waals surface area contributed by atoms with Crippen LogP contribution in [0, 0.1) is 5.92 Å². The van der Waals surface area contributed by atoms with E-state index in [1.807, 2.05) is 0 Å². The van der Waals surface area contributed by atoms with Crippen LogP contribution in [0.15, 0.2) is 66.9 Å². The highest BCUT2D eigenvalue weighted by molar-refractivity contribution is 5.71. The van der Waals surface area contributed by atoms with E-state index in [4.69, 9.17) is 5.10 Å². The Labute approximate surface area is 149 Å². The molecule has 1 fully saturated rings. The van der Waals surface area contributed by atoms with Gasteiger partial charge in [-0.05, 0) is 62.2 Å². The molecule has 0 atom stereocenters. The van der Waals surface area contributed by atoms with Gasteiger partial charge in [-0.2, -0.15) is 5.10 Å². The van der Waals surface area contributed by atoms with E-state index in [1.54, 1.807) is 0 Å². The zero-order valence-electron chi connectivity index (χ0n) is 14.8. The van der Waals surface area contributed by atoms with Crippen molar-refractivity contribution in [3.63, 3.8) is 0 Å². The maximum atomic E-state index is 4.83. The van der Waals surface area contributed by atoms with Crippen LogP contribution >= 0.6 is 0 Å². The van der Waals surface area contributed by atoms with Gasteiger partial charge in [-0.1, -0.05) is 48.5 Å². The maximum Gasteiger partial charge on any atom is 0.0923 e. The van der Waals surface area contributed by atoms with Crippen molar-refractivity contribution in [2.75, 3.05) is 20.1 Å². The Morgan fingerprint density at radius 1 is 0.880 bits per heavy atom. The average molecular weight is 331 g/mol. The molecule has 3 nitrogen and oxygen atoms in total. The Balaban J connectivity index is 1.50. The van der Waals surface area contributed by atoms with Crippen LogP contribution in [0.25, 0.3) is 22.4 Å². The fourth-order valence-electron chi connectivity index (χ4n) is 3.62. The summed E-state index contributed by atoms with van der Waals surface area (Å²) in [6.45, 7) is 3.45. The number of likely N-dealkylation sites (tertiary alicyclic amines) is 1. The van der Waals surface area contributed by atoms with Crippen LogP contribution in [-0.4, -0.2) is 34.8 Å². The Hall–Kier alpha value is -2.39. The van der Waals surface area contributed by atoms with E-state index >= 15 is 0 Å². The van der Waals surface area contributed by atoms with Crippen LogP contribution < -0.4 is 0 Å². The fraction of sp³-hybridized carbons (Fsp3) is 0.318. The molecule has 0 amide bonds. The smallest absolute Gasteiger partial charge is 0.0923 e. The minimum Gasteiger partial charge on any atom is -0.306 e. The first-order valence-electron chi connectivity index (χ1n) is 9.16. The molecule has 0 N–H and O–H groups in total. The van der Waals surface area contributed by atoms with Crippen molar-refractivity contribution in [1.82, 2.24) is 14.7 Å². The minimum atomic E-state index is 0.750. The molecule has 2 aromatic carbocycles. The number of nitrogens with zero attached hydrogens (tertiary/aromatic N) is 3. The fourth-order valence-corrected chi connectivity index (χ4v) is 3.62. The Kier molecular flexibility index (Phi) is 4.66. The summed E-state index contributed by atoms with van der Waals surface area (Å²) in [6, 6.07) is 21.3. The van der Waals surface area contributed by atoms with E-state index in [2.05, 4.69) is 83.5 Å². The van der Waals surface area contributed by atoms with Crippen molar-refractivity contribution < 1.29 is 0 Å². The average Bonchev–Trinajstić information content (AvgIpc) is 3.13. The third-order valence-corrected chi connectivity index (χ3v) is 5.19. The van der Waals surface area contributed by atoms with Gasteiger partial charge in [0.25, 0.3) is 0 Å². The van der Waals surface area contributed by atoms with E-state index in [-0.39, 0.29) is 0 Å². The summed E-state index contributed by atoms with van der Waals surface area (Å²) in [4.78, 5) is 2.42. The van der Waals surface area contributed by atoms with Crippen molar-refractivity contribution >= 4 is 0 Å². The van der Waals surface area contributed by atoms with Gasteiger partial charge in [0.15, 0.2) is 0 Å². The molecule has 0 spiro atoms. The van der Waals surface area contributed by atoms with E-state index in [1.165, 1.54) is 42.6 Å². The summed E-state index contributed by atoms with van der Waals surface area (Å²) in [5, 5.41) is 4.83. The van der Waals surface area contributed by atoms with Crippen LogP contribution in [-0.2, 0) is 6.54 Å².